The first-order valence-electron chi connectivity index (χ1n) is 7.33. The molecule has 0 aliphatic carbocycles. The van der Waals surface area contributed by atoms with E-state index in [0.717, 1.165) is 16.9 Å². The molecule has 0 fully saturated rings. The van der Waals surface area contributed by atoms with Crippen LogP contribution in [0.3, 0.4) is 0 Å². The Morgan fingerprint density at radius 1 is 1.12 bits per heavy atom. The summed E-state index contributed by atoms with van der Waals surface area (Å²) < 4.78 is 10.2. The highest BCUT2D eigenvalue weighted by molar-refractivity contribution is 6.01. The fraction of sp³-hybridized carbons (Fsp3) is 0.158. The van der Waals surface area contributed by atoms with Gasteiger partial charge in [0.2, 0.25) is 0 Å². The molecule has 5 nitrogen and oxygen atoms in total. The summed E-state index contributed by atoms with van der Waals surface area (Å²) in [5.74, 6) is 0.997. The number of rotatable bonds is 6. The SMILES string of the molecule is COc1ccc(CNC(=O)/C(C#N)=C/c2cccc(OC)c2)cc1. The third-order valence-electron chi connectivity index (χ3n) is 3.38. The predicted molar refractivity (Wildman–Crippen MR) is 91.4 cm³/mol. The second-order valence-electron chi connectivity index (χ2n) is 4.98. The quantitative estimate of drug-likeness (QED) is 0.655. The van der Waals surface area contributed by atoms with Crippen LogP contribution in [0, 0.1) is 11.3 Å². The van der Waals surface area contributed by atoms with E-state index in [1.807, 2.05) is 30.3 Å². The van der Waals surface area contributed by atoms with Gasteiger partial charge in [0.25, 0.3) is 5.91 Å². The minimum absolute atomic E-state index is 0.0387. The van der Waals surface area contributed by atoms with Gasteiger partial charge in [-0.25, -0.2) is 0 Å². The summed E-state index contributed by atoms with van der Waals surface area (Å²) in [4.78, 5) is 12.2. The predicted octanol–water partition coefficient (Wildman–Crippen LogP) is 2.93. The molecule has 2 rings (SSSR count). The number of hydrogen-bond acceptors (Lipinski definition) is 4. The molecule has 0 saturated carbocycles. The van der Waals surface area contributed by atoms with Gasteiger partial charge in [-0.1, -0.05) is 24.3 Å². The van der Waals surface area contributed by atoms with E-state index in [2.05, 4.69) is 5.32 Å². The lowest BCUT2D eigenvalue weighted by Crippen LogP contribution is -2.23. The lowest BCUT2D eigenvalue weighted by atomic mass is 10.1. The molecule has 0 radical (unpaired) electrons. The molecule has 0 atom stereocenters. The normalized spacial score (nSPS) is 10.6. The van der Waals surface area contributed by atoms with E-state index in [1.54, 1.807) is 38.5 Å². The van der Waals surface area contributed by atoms with E-state index in [1.165, 1.54) is 6.08 Å². The molecular formula is C19H18N2O3. The highest BCUT2D eigenvalue weighted by Gasteiger charge is 2.09. The van der Waals surface area contributed by atoms with Crippen LogP contribution in [0.5, 0.6) is 11.5 Å². The Balaban J connectivity index is 2.05. The van der Waals surface area contributed by atoms with Crippen LogP contribution in [0.25, 0.3) is 6.08 Å². The first kappa shape index (κ1) is 17.1. The maximum atomic E-state index is 12.2. The molecule has 0 heterocycles. The summed E-state index contributed by atoms with van der Waals surface area (Å²) in [6.45, 7) is 0.333. The highest BCUT2D eigenvalue weighted by atomic mass is 16.5. The van der Waals surface area contributed by atoms with Crippen molar-refractivity contribution in [1.82, 2.24) is 5.32 Å². The summed E-state index contributed by atoms with van der Waals surface area (Å²) in [5.41, 5.74) is 1.69. The molecule has 0 saturated heterocycles. The van der Waals surface area contributed by atoms with Crippen molar-refractivity contribution >= 4 is 12.0 Å². The second-order valence-corrected chi connectivity index (χ2v) is 4.98. The van der Waals surface area contributed by atoms with Crippen LogP contribution in [0.4, 0.5) is 0 Å². The molecule has 5 heteroatoms. The Labute approximate surface area is 141 Å². The molecule has 0 spiro atoms. The maximum Gasteiger partial charge on any atom is 0.262 e. The average Bonchev–Trinajstić information content (AvgIpc) is 2.64. The molecule has 2 aromatic rings. The van der Waals surface area contributed by atoms with Crippen molar-refractivity contribution in [2.75, 3.05) is 14.2 Å². The molecule has 1 amide bonds. The molecular weight excluding hydrogens is 304 g/mol. The van der Waals surface area contributed by atoms with Gasteiger partial charge in [-0.05, 0) is 41.5 Å². The summed E-state index contributed by atoms with van der Waals surface area (Å²) in [5, 5.41) is 12.0. The van der Waals surface area contributed by atoms with Crippen LogP contribution in [0.1, 0.15) is 11.1 Å². The van der Waals surface area contributed by atoms with Gasteiger partial charge in [0, 0.05) is 6.54 Å². The number of carbonyl (C=O) groups excluding carboxylic acids is 1. The van der Waals surface area contributed by atoms with Gasteiger partial charge in [-0.15, -0.1) is 0 Å². The standard InChI is InChI=1S/C19H18N2O3/c1-23-17-8-6-14(7-9-17)13-21-19(22)16(12-20)10-15-4-3-5-18(11-15)24-2/h3-11H,13H2,1-2H3,(H,21,22)/b16-10+. The highest BCUT2D eigenvalue weighted by Crippen LogP contribution is 2.15. The minimum atomic E-state index is -0.420. The number of ether oxygens (including phenoxy) is 2. The number of nitriles is 1. The van der Waals surface area contributed by atoms with Crippen LogP contribution < -0.4 is 14.8 Å². The number of benzene rings is 2. The van der Waals surface area contributed by atoms with Gasteiger partial charge in [-0.2, -0.15) is 5.26 Å². The van der Waals surface area contributed by atoms with Gasteiger partial charge >= 0.3 is 0 Å². The molecule has 0 aromatic heterocycles. The molecule has 24 heavy (non-hydrogen) atoms. The molecule has 0 aliphatic rings. The fourth-order valence-corrected chi connectivity index (χ4v) is 2.07. The fourth-order valence-electron chi connectivity index (χ4n) is 2.07. The molecule has 0 aliphatic heterocycles. The van der Waals surface area contributed by atoms with Crippen molar-refractivity contribution in [3.8, 4) is 17.6 Å². The van der Waals surface area contributed by atoms with Gasteiger partial charge in [0.15, 0.2) is 0 Å². The van der Waals surface area contributed by atoms with Crippen LogP contribution in [0.15, 0.2) is 54.1 Å². The molecule has 122 valence electrons. The van der Waals surface area contributed by atoms with Gasteiger partial charge < -0.3 is 14.8 Å². The smallest absolute Gasteiger partial charge is 0.262 e. The number of carbonyl (C=O) groups is 1. The van der Waals surface area contributed by atoms with Crippen LogP contribution in [-0.2, 0) is 11.3 Å². The van der Waals surface area contributed by atoms with Crippen molar-refractivity contribution in [3.05, 3.63) is 65.2 Å². The Hall–Kier alpha value is -3.26. The largest absolute Gasteiger partial charge is 0.497 e. The molecule has 0 bridgehead atoms. The zero-order valence-electron chi connectivity index (χ0n) is 13.6. The van der Waals surface area contributed by atoms with E-state index in [4.69, 9.17) is 9.47 Å². The number of methoxy groups -OCH3 is 2. The topological polar surface area (TPSA) is 71.3 Å². The number of hydrogen-bond donors (Lipinski definition) is 1. The average molecular weight is 322 g/mol. The summed E-state index contributed by atoms with van der Waals surface area (Å²) in [6.07, 6.45) is 1.53. The van der Waals surface area contributed by atoms with Crippen molar-refractivity contribution < 1.29 is 14.3 Å². The number of nitrogens with zero attached hydrogens (tertiary/aromatic N) is 1. The molecule has 1 N–H and O–H groups in total. The van der Waals surface area contributed by atoms with E-state index >= 15 is 0 Å². The van der Waals surface area contributed by atoms with Crippen molar-refractivity contribution in [3.63, 3.8) is 0 Å². The maximum absolute atomic E-state index is 12.2. The van der Waals surface area contributed by atoms with E-state index in [9.17, 15) is 10.1 Å². The van der Waals surface area contributed by atoms with Crippen molar-refractivity contribution in [2.45, 2.75) is 6.54 Å². The second kappa shape index (κ2) is 8.39. The Kier molecular flexibility index (Phi) is 5.98. The number of amides is 1. The van der Waals surface area contributed by atoms with Crippen LogP contribution in [-0.4, -0.2) is 20.1 Å². The third-order valence-corrected chi connectivity index (χ3v) is 3.38. The van der Waals surface area contributed by atoms with E-state index < -0.39 is 5.91 Å². The van der Waals surface area contributed by atoms with E-state index in [0.29, 0.717) is 12.3 Å². The van der Waals surface area contributed by atoms with Crippen molar-refractivity contribution in [1.29, 1.82) is 5.26 Å². The molecule has 0 unspecified atom stereocenters. The Morgan fingerprint density at radius 3 is 2.46 bits per heavy atom. The Morgan fingerprint density at radius 2 is 1.83 bits per heavy atom. The lowest BCUT2D eigenvalue weighted by Gasteiger charge is -2.06. The zero-order chi connectivity index (χ0) is 17.4. The van der Waals surface area contributed by atoms with E-state index in [-0.39, 0.29) is 5.57 Å². The first-order chi connectivity index (χ1) is 11.7. The summed E-state index contributed by atoms with van der Waals surface area (Å²) in [6, 6.07) is 16.4. The van der Waals surface area contributed by atoms with Crippen LogP contribution in [0.2, 0.25) is 0 Å². The summed E-state index contributed by atoms with van der Waals surface area (Å²) in [7, 11) is 3.16. The summed E-state index contributed by atoms with van der Waals surface area (Å²) >= 11 is 0. The monoisotopic (exact) mass is 322 g/mol. The van der Waals surface area contributed by atoms with Gasteiger partial charge in [-0.3, -0.25) is 4.79 Å². The lowest BCUT2D eigenvalue weighted by molar-refractivity contribution is -0.117. The first-order valence-corrected chi connectivity index (χ1v) is 7.33. The third kappa shape index (κ3) is 4.62. The van der Waals surface area contributed by atoms with Crippen LogP contribution >= 0.6 is 0 Å². The molecule has 2 aromatic carbocycles. The Bertz CT molecular complexity index is 774. The minimum Gasteiger partial charge on any atom is -0.497 e. The van der Waals surface area contributed by atoms with Crippen molar-refractivity contribution in [2.24, 2.45) is 0 Å². The number of nitrogens with one attached hydrogen (secondary N) is 1. The van der Waals surface area contributed by atoms with Gasteiger partial charge in [0.1, 0.15) is 23.1 Å². The zero-order valence-corrected chi connectivity index (χ0v) is 13.6. The van der Waals surface area contributed by atoms with Gasteiger partial charge in [0.05, 0.1) is 14.2 Å².